The van der Waals surface area contributed by atoms with Crippen molar-refractivity contribution in [2.45, 2.75) is 44.7 Å². The predicted octanol–water partition coefficient (Wildman–Crippen LogP) is 3.05. The Bertz CT molecular complexity index is 333. The standard InChI is InChI=1S/C12H18N2OS/c1-2-4-10(11-5-3-8-16-11)14-12(15)13-9-6-7-9/h3,5,8-10H,2,4,6-7H2,1H3,(H2,13,14,15). The molecule has 2 amide bonds. The van der Waals surface area contributed by atoms with E-state index in [0.717, 1.165) is 25.7 Å². The lowest BCUT2D eigenvalue weighted by molar-refractivity contribution is 0.236. The van der Waals surface area contributed by atoms with Crippen LogP contribution in [0, 0.1) is 0 Å². The van der Waals surface area contributed by atoms with E-state index in [1.54, 1.807) is 11.3 Å². The number of nitrogens with one attached hydrogen (secondary N) is 2. The van der Waals surface area contributed by atoms with Gasteiger partial charge >= 0.3 is 6.03 Å². The Hall–Kier alpha value is -1.03. The summed E-state index contributed by atoms with van der Waals surface area (Å²) in [5.74, 6) is 0. The van der Waals surface area contributed by atoms with Gasteiger partial charge in [0.05, 0.1) is 6.04 Å². The average molecular weight is 238 g/mol. The first kappa shape index (κ1) is 11.5. The molecular formula is C12H18N2OS. The number of thiophene rings is 1. The zero-order valence-electron chi connectivity index (χ0n) is 9.53. The van der Waals surface area contributed by atoms with Gasteiger partial charge in [0, 0.05) is 10.9 Å². The summed E-state index contributed by atoms with van der Waals surface area (Å²) in [7, 11) is 0. The van der Waals surface area contributed by atoms with E-state index in [4.69, 9.17) is 0 Å². The fraction of sp³-hybridized carbons (Fsp3) is 0.583. The summed E-state index contributed by atoms with van der Waals surface area (Å²) in [6.07, 6.45) is 4.33. The van der Waals surface area contributed by atoms with Crippen molar-refractivity contribution in [2.75, 3.05) is 0 Å². The first-order valence-corrected chi connectivity index (χ1v) is 6.78. The third-order valence-corrected chi connectivity index (χ3v) is 3.67. The molecule has 16 heavy (non-hydrogen) atoms. The van der Waals surface area contributed by atoms with Crippen LogP contribution in [-0.2, 0) is 0 Å². The number of urea groups is 1. The quantitative estimate of drug-likeness (QED) is 0.813. The average Bonchev–Trinajstić information content (AvgIpc) is 2.90. The Labute approximate surface area is 100 Å². The molecule has 0 spiro atoms. The van der Waals surface area contributed by atoms with Crippen LogP contribution < -0.4 is 10.6 Å². The second-order valence-corrected chi connectivity index (χ2v) is 5.23. The molecule has 1 fully saturated rings. The molecule has 1 saturated carbocycles. The topological polar surface area (TPSA) is 41.1 Å². The summed E-state index contributed by atoms with van der Waals surface area (Å²) >= 11 is 1.70. The molecule has 3 nitrogen and oxygen atoms in total. The molecule has 88 valence electrons. The summed E-state index contributed by atoms with van der Waals surface area (Å²) in [5.41, 5.74) is 0. The number of carbonyl (C=O) groups is 1. The van der Waals surface area contributed by atoms with Crippen molar-refractivity contribution in [1.29, 1.82) is 0 Å². The Morgan fingerprint density at radius 2 is 2.44 bits per heavy atom. The van der Waals surface area contributed by atoms with Gasteiger partial charge in [0.25, 0.3) is 0 Å². The number of amides is 2. The van der Waals surface area contributed by atoms with Crippen molar-refractivity contribution in [3.05, 3.63) is 22.4 Å². The van der Waals surface area contributed by atoms with Gasteiger partial charge in [0.1, 0.15) is 0 Å². The molecule has 2 N–H and O–H groups in total. The highest BCUT2D eigenvalue weighted by atomic mass is 32.1. The molecule has 0 aliphatic heterocycles. The van der Waals surface area contributed by atoms with Crippen LogP contribution in [0.2, 0.25) is 0 Å². The summed E-state index contributed by atoms with van der Waals surface area (Å²) in [4.78, 5) is 12.9. The molecule has 0 radical (unpaired) electrons. The van der Waals surface area contributed by atoms with Crippen LogP contribution in [0.3, 0.4) is 0 Å². The van der Waals surface area contributed by atoms with Crippen molar-refractivity contribution in [1.82, 2.24) is 10.6 Å². The maximum absolute atomic E-state index is 11.7. The van der Waals surface area contributed by atoms with Crippen molar-refractivity contribution in [3.8, 4) is 0 Å². The zero-order chi connectivity index (χ0) is 11.4. The molecule has 1 aromatic rings. The minimum absolute atomic E-state index is 0.0191. The van der Waals surface area contributed by atoms with Gasteiger partial charge < -0.3 is 10.6 Å². The first-order chi connectivity index (χ1) is 7.79. The van der Waals surface area contributed by atoms with Gasteiger partial charge in [-0.05, 0) is 30.7 Å². The monoisotopic (exact) mass is 238 g/mol. The molecule has 0 saturated heterocycles. The maximum atomic E-state index is 11.7. The minimum Gasteiger partial charge on any atom is -0.335 e. The molecule has 0 aromatic carbocycles. The predicted molar refractivity (Wildman–Crippen MR) is 66.7 cm³/mol. The van der Waals surface area contributed by atoms with Gasteiger partial charge in [-0.2, -0.15) is 0 Å². The third-order valence-electron chi connectivity index (χ3n) is 2.68. The molecule has 2 rings (SSSR count). The Balaban J connectivity index is 1.88. The summed E-state index contributed by atoms with van der Waals surface area (Å²) < 4.78 is 0. The van der Waals surface area contributed by atoms with E-state index < -0.39 is 0 Å². The smallest absolute Gasteiger partial charge is 0.315 e. The van der Waals surface area contributed by atoms with Crippen LogP contribution in [-0.4, -0.2) is 12.1 Å². The molecule has 1 aromatic heterocycles. The van der Waals surface area contributed by atoms with Gasteiger partial charge in [-0.15, -0.1) is 11.3 Å². The van der Waals surface area contributed by atoms with Crippen LogP contribution in [0.5, 0.6) is 0 Å². The van der Waals surface area contributed by atoms with Crippen molar-refractivity contribution >= 4 is 17.4 Å². The summed E-state index contributed by atoms with van der Waals surface area (Å²) in [5, 5.41) is 8.07. The van der Waals surface area contributed by atoms with E-state index in [1.165, 1.54) is 4.88 Å². The Morgan fingerprint density at radius 3 is 3.00 bits per heavy atom. The first-order valence-electron chi connectivity index (χ1n) is 5.90. The largest absolute Gasteiger partial charge is 0.335 e. The third kappa shape index (κ3) is 3.23. The number of hydrogen-bond acceptors (Lipinski definition) is 2. The molecule has 1 atom stereocenters. The summed E-state index contributed by atoms with van der Waals surface area (Å²) in [6.45, 7) is 2.14. The highest BCUT2D eigenvalue weighted by Crippen LogP contribution is 2.23. The van der Waals surface area contributed by atoms with E-state index in [2.05, 4.69) is 29.0 Å². The van der Waals surface area contributed by atoms with Gasteiger partial charge in [-0.25, -0.2) is 4.79 Å². The minimum atomic E-state index is -0.0191. The van der Waals surface area contributed by atoms with Gasteiger partial charge in [0.2, 0.25) is 0 Å². The Kier molecular flexibility index (Phi) is 3.83. The zero-order valence-corrected chi connectivity index (χ0v) is 10.3. The van der Waals surface area contributed by atoms with E-state index in [-0.39, 0.29) is 12.1 Å². The second-order valence-electron chi connectivity index (χ2n) is 4.25. The molecular weight excluding hydrogens is 220 g/mol. The number of hydrogen-bond donors (Lipinski definition) is 2. The van der Waals surface area contributed by atoms with Crippen molar-refractivity contribution in [3.63, 3.8) is 0 Å². The van der Waals surface area contributed by atoms with E-state index in [0.29, 0.717) is 6.04 Å². The molecule has 0 bridgehead atoms. The highest BCUT2D eigenvalue weighted by Gasteiger charge is 2.24. The normalized spacial score (nSPS) is 16.8. The molecule has 1 unspecified atom stereocenters. The number of rotatable bonds is 5. The van der Waals surface area contributed by atoms with E-state index in [9.17, 15) is 4.79 Å². The lowest BCUT2D eigenvalue weighted by Gasteiger charge is -2.17. The SMILES string of the molecule is CCCC(NC(=O)NC1CC1)c1cccs1. The van der Waals surface area contributed by atoms with E-state index >= 15 is 0 Å². The molecule has 4 heteroatoms. The van der Waals surface area contributed by atoms with Crippen LogP contribution >= 0.6 is 11.3 Å². The maximum Gasteiger partial charge on any atom is 0.315 e. The van der Waals surface area contributed by atoms with Gasteiger partial charge in [-0.3, -0.25) is 0 Å². The lowest BCUT2D eigenvalue weighted by atomic mass is 10.1. The molecule has 1 heterocycles. The van der Waals surface area contributed by atoms with E-state index in [1.807, 2.05) is 6.07 Å². The second kappa shape index (κ2) is 5.34. The fourth-order valence-electron chi connectivity index (χ4n) is 1.68. The molecule has 1 aliphatic rings. The summed E-state index contributed by atoms with van der Waals surface area (Å²) in [6, 6.07) is 4.69. The molecule has 1 aliphatic carbocycles. The fourth-order valence-corrected chi connectivity index (χ4v) is 2.49. The van der Waals surface area contributed by atoms with Crippen molar-refractivity contribution < 1.29 is 4.79 Å². The number of carbonyl (C=O) groups excluding carboxylic acids is 1. The highest BCUT2D eigenvalue weighted by molar-refractivity contribution is 7.10. The van der Waals surface area contributed by atoms with Crippen LogP contribution in [0.4, 0.5) is 4.79 Å². The van der Waals surface area contributed by atoms with Crippen molar-refractivity contribution in [2.24, 2.45) is 0 Å². The van der Waals surface area contributed by atoms with Crippen LogP contribution in [0.25, 0.3) is 0 Å². The van der Waals surface area contributed by atoms with Gasteiger partial charge in [0.15, 0.2) is 0 Å². The Morgan fingerprint density at radius 1 is 1.62 bits per heavy atom. The van der Waals surface area contributed by atoms with Gasteiger partial charge in [-0.1, -0.05) is 19.4 Å². The van der Waals surface area contributed by atoms with Crippen LogP contribution in [0.15, 0.2) is 17.5 Å². The van der Waals surface area contributed by atoms with Crippen LogP contribution in [0.1, 0.15) is 43.5 Å². The lowest BCUT2D eigenvalue weighted by Crippen LogP contribution is -2.38.